The SMILES string of the molecule is CC(C)C(=NS(C)(=O)=O)C(C)C.CC=C(C(C)C)C(C)C.CN=C(C(C)C)C(C)C.CN=C(C(C)C)C(C)C.CON=C(C(C)C)C(C)C. The normalized spacial score (nSPS) is 10.9. The summed E-state index contributed by atoms with van der Waals surface area (Å²) in [6.45, 7) is 44.9. The Morgan fingerprint density at radius 1 is 0.469 bits per heavy atom. The lowest BCUT2D eigenvalue weighted by atomic mass is 9.93. The van der Waals surface area contributed by atoms with Crippen molar-refractivity contribution >= 4 is 32.9 Å². The van der Waals surface area contributed by atoms with Gasteiger partial charge in [-0.15, -0.1) is 0 Å². The highest BCUT2D eigenvalue weighted by molar-refractivity contribution is 7.89. The van der Waals surface area contributed by atoms with E-state index in [1.54, 1.807) is 12.7 Å². The van der Waals surface area contributed by atoms with Gasteiger partial charge in [-0.3, -0.25) is 9.98 Å². The average Bonchev–Trinajstić information content (AvgIpc) is 2.90. The third-order valence-electron chi connectivity index (χ3n) is 7.38. The first-order valence-electron chi connectivity index (χ1n) is 18.6. The third kappa shape index (κ3) is 33.1. The van der Waals surface area contributed by atoms with E-state index in [4.69, 9.17) is 4.84 Å². The molecule has 0 aliphatic carbocycles. The lowest BCUT2D eigenvalue weighted by molar-refractivity contribution is 0.209. The van der Waals surface area contributed by atoms with E-state index in [-0.39, 0.29) is 11.8 Å². The summed E-state index contributed by atoms with van der Waals surface area (Å²) in [4.78, 5) is 13.1. The second-order valence-corrected chi connectivity index (χ2v) is 17.2. The Morgan fingerprint density at radius 2 is 0.714 bits per heavy atom. The van der Waals surface area contributed by atoms with Crippen molar-refractivity contribution in [2.75, 3.05) is 27.5 Å². The van der Waals surface area contributed by atoms with Gasteiger partial charge in [-0.25, -0.2) is 8.42 Å². The maximum Gasteiger partial charge on any atom is 0.250 e. The largest absolute Gasteiger partial charge is 0.399 e. The monoisotopic (exact) mass is 715 g/mol. The molecule has 0 aliphatic rings. The first-order valence-corrected chi connectivity index (χ1v) is 20.5. The molecule has 0 amide bonds. The molecule has 49 heavy (non-hydrogen) atoms. The van der Waals surface area contributed by atoms with Gasteiger partial charge in [0.25, 0.3) is 0 Å². The minimum Gasteiger partial charge on any atom is -0.399 e. The first-order chi connectivity index (χ1) is 22.1. The molecule has 0 radical (unpaired) electrons. The molecule has 8 heteroatoms. The minimum atomic E-state index is -3.23. The topological polar surface area (TPSA) is 92.8 Å². The van der Waals surface area contributed by atoms with Crippen molar-refractivity contribution in [1.29, 1.82) is 0 Å². The van der Waals surface area contributed by atoms with E-state index in [1.807, 2.05) is 41.8 Å². The van der Waals surface area contributed by atoms with Crippen molar-refractivity contribution in [2.45, 2.75) is 145 Å². The number of hydrogen-bond acceptors (Lipinski definition) is 6. The molecule has 0 rings (SSSR count). The molecule has 0 saturated heterocycles. The molecule has 0 atom stereocenters. The van der Waals surface area contributed by atoms with Gasteiger partial charge in [-0.2, -0.15) is 4.40 Å². The van der Waals surface area contributed by atoms with Crippen LogP contribution in [0.4, 0.5) is 0 Å². The van der Waals surface area contributed by atoms with Crippen molar-refractivity contribution < 1.29 is 13.3 Å². The summed E-state index contributed by atoms with van der Waals surface area (Å²) < 4.78 is 25.4. The summed E-state index contributed by atoms with van der Waals surface area (Å²) in [5, 5.41) is 3.94. The van der Waals surface area contributed by atoms with Crippen molar-refractivity contribution in [3.63, 3.8) is 0 Å². The van der Waals surface area contributed by atoms with E-state index in [1.165, 1.54) is 11.4 Å². The third-order valence-corrected chi connectivity index (χ3v) is 7.93. The molecule has 0 fully saturated rings. The van der Waals surface area contributed by atoms with E-state index in [9.17, 15) is 8.42 Å². The number of oxime groups is 1. The highest BCUT2D eigenvalue weighted by Gasteiger charge is 2.13. The van der Waals surface area contributed by atoms with Crippen molar-refractivity contribution in [1.82, 2.24) is 0 Å². The number of hydrogen-bond donors (Lipinski definition) is 0. The Morgan fingerprint density at radius 3 is 0.755 bits per heavy atom. The second kappa shape index (κ2) is 30.9. The van der Waals surface area contributed by atoms with Crippen molar-refractivity contribution in [3.05, 3.63) is 11.6 Å². The molecule has 0 bridgehead atoms. The predicted octanol–water partition coefficient (Wildman–Crippen LogP) is 12.0. The van der Waals surface area contributed by atoms with Crippen LogP contribution in [0.25, 0.3) is 0 Å². The van der Waals surface area contributed by atoms with Crippen molar-refractivity contribution in [2.24, 2.45) is 78.7 Å². The Balaban J connectivity index is -0.000000165. The lowest BCUT2D eigenvalue weighted by Gasteiger charge is -2.13. The molecule has 0 aliphatic heterocycles. The predicted molar refractivity (Wildman–Crippen MR) is 226 cm³/mol. The molecule has 0 unspecified atom stereocenters. The van der Waals surface area contributed by atoms with Crippen LogP contribution in [0.5, 0.6) is 0 Å². The molecule has 0 heterocycles. The zero-order chi connectivity index (χ0) is 40.4. The number of aliphatic imine (C=N–C) groups is 2. The molecule has 7 nitrogen and oxygen atoms in total. The fraction of sp³-hybridized carbons (Fsp3) is 0.854. The van der Waals surface area contributed by atoms with E-state index in [2.05, 4.69) is 143 Å². The lowest BCUT2D eigenvalue weighted by Crippen LogP contribution is -2.16. The van der Waals surface area contributed by atoms with Crippen LogP contribution in [-0.2, 0) is 14.9 Å². The van der Waals surface area contributed by atoms with E-state index < -0.39 is 10.0 Å². The molecule has 294 valence electrons. The smallest absolute Gasteiger partial charge is 0.250 e. The summed E-state index contributed by atoms with van der Waals surface area (Å²) in [6.07, 6.45) is 3.35. The summed E-state index contributed by atoms with van der Waals surface area (Å²) in [5.74, 6) is 5.22. The maximum atomic E-state index is 10.9. The standard InChI is InChI=1S/C9H18.C8H17NO2S.C8H17NO.2C8H17N/c1-6-9(7(2)3)8(4)5;1-6(2)8(7(3)4)9-12(5,10)11;1-6(2)8(7(3)4)9-10-5;2*1-6(2)8(9-5)7(3)4/h6-8H,1-5H3;6-7H,1-5H3;6-7H,1-5H3;2*6-7H,1-5H3. The summed E-state index contributed by atoms with van der Waals surface area (Å²) in [5.41, 5.74) is 6.07. The summed E-state index contributed by atoms with van der Waals surface area (Å²) >= 11 is 0. The fourth-order valence-corrected chi connectivity index (χ4v) is 6.56. The summed E-state index contributed by atoms with van der Waals surface area (Å²) in [7, 11) is 2.10. The van der Waals surface area contributed by atoms with Crippen LogP contribution in [0.15, 0.2) is 31.2 Å². The van der Waals surface area contributed by atoms with E-state index in [0.717, 1.165) is 29.5 Å². The molecule has 0 aromatic carbocycles. The molecule has 0 N–H and O–H groups in total. The van der Waals surface area contributed by atoms with Gasteiger partial charge in [0.15, 0.2) is 0 Å². The van der Waals surface area contributed by atoms with Gasteiger partial charge < -0.3 is 4.84 Å². The fourth-order valence-electron chi connectivity index (χ4n) is 5.75. The number of rotatable bonds is 12. The van der Waals surface area contributed by atoms with Crippen LogP contribution >= 0.6 is 0 Å². The highest BCUT2D eigenvalue weighted by atomic mass is 32.2. The number of allylic oxidation sites excluding steroid dienone is 2. The van der Waals surface area contributed by atoms with Gasteiger partial charge in [-0.1, -0.05) is 155 Å². The Labute approximate surface area is 308 Å². The quantitative estimate of drug-likeness (QED) is 0.114. The van der Waals surface area contributed by atoms with Gasteiger partial charge in [0.05, 0.1) is 12.0 Å². The molecule has 0 spiro atoms. The zero-order valence-electron chi connectivity index (χ0n) is 37.3. The minimum absolute atomic E-state index is 0.194. The molecule has 0 aromatic rings. The molecule has 0 aromatic heterocycles. The molecular weight excluding hydrogens is 629 g/mol. The summed E-state index contributed by atoms with van der Waals surface area (Å²) in [6, 6.07) is 0. The molecule has 0 saturated carbocycles. The maximum absolute atomic E-state index is 10.9. The van der Waals surface area contributed by atoms with Crippen LogP contribution in [0, 0.1) is 59.2 Å². The molecular formula is C41H86N4O3S. The number of sulfonamides is 1. The van der Waals surface area contributed by atoms with Crippen LogP contribution < -0.4 is 0 Å². The van der Waals surface area contributed by atoms with E-state index >= 15 is 0 Å². The average molecular weight is 715 g/mol. The Bertz CT molecular complexity index is 955. The Hall–Kier alpha value is -1.83. The van der Waals surface area contributed by atoms with Gasteiger partial charge in [0, 0.05) is 31.2 Å². The Kier molecular flexibility index (Phi) is 35.7. The highest BCUT2D eigenvalue weighted by Crippen LogP contribution is 2.18. The van der Waals surface area contributed by atoms with Crippen LogP contribution in [0.2, 0.25) is 0 Å². The van der Waals surface area contributed by atoms with E-state index in [0.29, 0.717) is 35.5 Å². The number of nitrogens with zero attached hydrogens (tertiary/aromatic N) is 4. The zero-order valence-corrected chi connectivity index (χ0v) is 38.1. The van der Waals surface area contributed by atoms with Gasteiger partial charge >= 0.3 is 0 Å². The van der Waals surface area contributed by atoms with Gasteiger partial charge in [0.2, 0.25) is 10.0 Å². The second-order valence-electron chi connectivity index (χ2n) is 15.6. The van der Waals surface area contributed by atoms with Crippen molar-refractivity contribution in [3.8, 4) is 0 Å². The first kappa shape index (κ1) is 56.5. The van der Waals surface area contributed by atoms with Crippen LogP contribution in [-0.4, -0.2) is 58.7 Å². The van der Waals surface area contributed by atoms with Gasteiger partial charge in [0.1, 0.15) is 7.11 Å². The van der Waals surface area contributed by atoms with Gasteiger partial charge in [-0.05, 0) is 66.1 Å². The van der Waals surface area contributed by atoms with Crippen LogP contribution in [0.1, 0.15) is 145 Å². The van der Waals surface area contributed by atoms with Crippen LogP contribution in [0.3, 0.4) is 0 Å².